The smallest absolute Gasteiger partial charge is 0.343 e. The van der Waals surface area contributed by atoms with E-state index in [2.05, 4.69) is 0 Å². The molecule has 2 N–H and O–H groups in total. The van der Waals surface area contributed by atoms with Gasteiger partial charge in [0.2, 0.25) is 0 Å². The van der Waals surface area contributed by atoms with Crippen molar-refractivity contribution in [3.05, 3.63) is 71.8 Å². The molecule has 0 spiro atoms. The lowest BCUT2D eigenvalue weighted by molar-refractivity contribution is 0.0682. The number of esters is 2. The van der Waals surface area contributed by atoms with Crippen molar-refractivity contribution in [3.63, 3.8) is 0 Å². The number of carbonyl (C=O) groups excluding carboxylic acids is 2. The van der Waals surface area contributed by atoms with Crippen LogP contribution in [0.2, 0.25) is 0 Å². The minimum absolute atomic E-state index is 0.0219. The van der Waals surface area contributed by atoms with Crippen LogP contribution in [-0.4, -0.2) is 36.4 Å². The van der Waals surface area contributed by atoms with Crippen molar-refractivity contribution in [2.24, 2.45) is 0 Å². The van der Waals surface area contributed by atoms with Crippen molar-refractivity contribution >= 4 is 11.9 Å². The van der Waals surface area contributed by atoms with E-state index in [1.54, 1.807) is 12.1 Å². The molecule has 0 radical (unpaired) electrons. The van der Waals surface area contributed by atoms with Crippen molar-refractivity contribution in [2.45, 2.75) is 0 Å². The molecule has 0 aliphatic heterocycles. The molecule has 0 saturated heterocycles. The number of phenolic OH excluding ortho intramolecular Hbond substituents is 2. The number of carbonyl (C=O) groups is 2. The highest BCUT2D eigenvalue weighted by Crippen LogP contribution is 2.31. The van der Waals surface area contributed by atoms with Crippen LogP contribution in [0.4, 0.5) is 0 Å². The number of para-hydroxylation sites is 2. The molecule has 0 fully saturated rings. The van der Waals surface area contributed by atoms with E-state index in [9.17, 15) is 19.8 Å². The molecule has 0 aromatic heterocycles. The highest BCUT2D eigenvalue weighted by molar-refractivity contribution is 5.94. The lowest BCUT2D eigenvalue weighted by Gasteiger charge is -2.12. The second-order valence-electron chi connectivity index (χ2n) is 6.00. The fourth-order valence-corrected chi connectivity index (χ4v) is 2.55. The summed E-state index contributed by atoms with van der Waals surface area (Å²) in [6, 6.07) is 14.2. The molecule has 0 atom stereocenters. The van der Waals surface area contributed by atoms with Gasteiger partial charge in [-0.3, -0.25) is 0 Å². The zero-order valence-corrected chi connectivity index (χ0v) is 16.1. The lowest BCUT2D eigenvalue weighted by atomic mass is 10.2. The van der Waals surface area contributed by atoms with Gasteiger partial charge in [0.25, 0.3) is 0 Å². The number of ether oxygens (including phenoxy) is 4. The highest BCUT2D eigenvalue weighted by atomic mass is 16.6. The third-order valence-electron chi connectivity index (χ3n) is 4.09. The van der Waals surface area contributed by atoms with Crippen molar-refractivity contribution in [1.82, 2.24) is 0 Å². The Morgan fingerprint density at radius 3 is 1.40 bits per heavy atom. The van der Waals surface area contributed by atoms with E-state index < -0.39 is 11.9 Å². The van der Waals surface area contributed by atoms with Crippen LogP contribution in [0.1, 0.15) is 20.7 Å². The molecular formula is C22H18O8. The predicted molar refractivity (Wildman–Crippen MR) is 106 cm³/mol. The van der Waals surface area contributed by atoms with E-state index in [-0.39, 0.29) is 45.6 Å². The van der Waals surface area contributed by atoms with Crippen LogP contribution in [0.5, 0.6) is 34.5 Å². The Kier molecular flexibility index (Phi) is 6.07. The highest BCUT2D eigenvalue weighted by Gasteiger charge is 2.18. The molecule has 0 aliphatic rings. The molecule has 8 heteroatoms. The van der Waals surface area contributed by atoms with Crippen LogP contribution in [0.25, 0.3) is 0 Å². The number of phenols is 2. The average molecular weight is 410 g/mol. The number of hydrogen-bond acceptors (Lipinski definition) is 8. The summed E-state index contributed by atoms with van der Waals surface area (Å²) in [4.78, 5) is 25.0. The number of benzene rings is 3. The van der Waals surface area contributed by atoms with Crippen LogP contribution < -0.4 is 18.9 Å². The molecule has 8 nitrogen and oxygen atoms in total. The van der Waals surface area contributed by atoms with Gasteiger partial charge < -0.3 is 29.2 Å². The molecule has 0 heterocycles. The average Bonchev–Trinajstić information content (AvgIpc) is 2.75. The molecule has 0 unspecified atom stereocenters. The predicted octanol–water partition coefficient (Wildman–Crippen LogP) is 3.55. The van der Waals surface area contributed by atoms with Gasteiger partial charge in [-0.2, -0.15) is 0 Å². The van der Waals surface area contributed by atoms with Crippen molar-refractivity contribution in [1.29, 1.82) is 0 Å². The van der Waals surface area contributed by atoms with Gasteiger partial charge in [-0.1, -0.05) is 12.1 Å². The Morgan fingerprint density at radius 2 is 1.03 bits per heavy atom. The Morgan fingerprint density at radius 1 is 0.633 bits per heavy atom. The number of aromatic hydroxyl groups is 2. The Hall–Kier alpha value is -4.20. The van der Waals surface area contributed by atoms with Crippen LogP contribution >= 0.6 is 0 Å². The molecule has 30 heavy (non-hydrogen) atoms. The maximum atomic E-state index is 12.5. The molecule has 0 amide bonds. The zero-order chi connectivity index (χ0) is 21.7. The SMILES string of the molecule is COc1cc(C(=O)Oc2ccccc2OC(=O)c2ccc(O)c(OC)c2)ccc1O. The molecule has 3 aromatic rings. The molecule has 0 saturated carbocycles. The van der Waals surface area contributed by atoms with E-state index in [0.717, 1.165) is 0 Å². The van der Waals surface area contributed by atoms with Gasteiger partial charge >= 0.3 is 11.9 Å². The van der Waals surface area contributed by atoms with Gasteiger partial charge in [0, 0.05) is 0 Å². The monoisotopic (exact) mass is 410 g/mol. The summed E-state index contributed by atoms with van der Waals surface area (Å²) < 4.78 is 20.7. The summed E-state index contributed by atoms with van der Waals surface area (Å²) in [7, 11) is 2.72. The maximum absolute atomic E-state index is 12.5. The molecule has 154 valence electrons. The standard InChI is InChI=1S/C22H18O8/c1-27-19-11-13(7-9-15(19)23)21(25)29-17-5-3-4-6-18(17)30-22(26)14-8-10-16(24)20(12-14)28-2/h3-12,23-24H,1-2H3. The summed E-state index contributed by atoms with van der Waals surface area (Å²) in [5.41, 5.74) is 0.267. The molecule has 0 bridgehead atoms. The first-order valence-electron chi connectivity index (χ1n) is 8.70. The fraction of sp³-hybridized carbons (Fsp3) is 0.0909. The summed E-state index contributed by atoms with van der Waals surface area (Å²) in [6.45, 7) is 0. The summed E-state index contributed by atoms with van der Waals surface area (Å²) in [6.07, 6.45) is 0. The largest absolute Gasteiger partial charge is 0.504 e. The quantitative estimate of drug-likeness (QED) is 0.469. The Labute approximate surface area is 171 Å². The van der Waals surface area contributed by atoms with Gasteiger partial charge in [-0.25, -0.2) is 9.59 Å². The van der Waals surface area contributed by atoms with E-state index in [4.69, 9.17) is 18.9 Å². The second-order valence-corrected chi connectivity index (χ2v) is 6.00. The van der Waals surface area contributed by atoms with Gasteiger partial charge in [0.15, 0.2) is 34.5 Å². The van der Waals surface area contributed by atoms with E-state index >= 15 is 0 Å². The van der Waals surface area contributed by atoms with E-state index in [0.29, 0.717) is 0 Å². The van der Waals surface area contributed by atoms with Crippen LogP contribution in [0.15, 0.2) is 60.7 Å². The minimum Gasteiger partial charge on any atom is -0.504 e. The third-order valence-corrected chi connectivity index (χ3v) is 4.09. The zero-order valence-electron chi connectivity index (χ0n) is 16.1. The summed E-state index contributed by atoms with van der Waals surface area (Å²) in [5, 5.41) is 19.3. The molecule has 3 rings (SSSR count). The van der Waals surface area contributed by atoms with Crippen LogP contribution in [0.3, 0.4) is 0 Å². The maximum Gasteiger partial charge on any atom is 0.343 e. The van der Waals surface area contributed by atoms with Gasteiger partial charge in [0.05, 0.1) is 25.3 Å². The number of hydrogen-bond donors (Lipinski definition) is 2. The first kappa shape index (κ1) is 20.5. The Balaban J connectivity index is 1.81. The topological polar surface area (TPSA) is 112 Å². The van der Waals surface area contributed by atoms with Crippen molar-refractivity contribution in [2.75, 3.05) is 14.2 Å². The fourth-order valence-electron chi connectivity index (χ4n) is 2.55. The second kappa shape index (κ2) is 8.87. The van der Waals surface area contributed by atoms with Crippen LogP contribution in [0, 0.1) is 0 Å². The summed E-state index contributed by atoms with van der Waals surface area (Å²) >= 11 is 0. The van der Waals surface area contributed by atoms with Crippen LogP contribution in [-0.2, 0) is 0 Å². The van der Waals surface area contributed by atoms with E-state index in [1.165, 1.54) is 62.8 Å². The van der Waals surface area contributed by atoms with E-state index in [1.807, 2.05) is 0 Å². The third kappa shape index (κ3) is 4.44. The van der Waals surface area contributed by atoms with Gasteiger partial charge in [-0.05, 0) is 48.5 Å². The lowest BCUT2D eigenvalue weighted by Crippen LogP contribution is -2.12. The molecular weight excluding hydrogens is 392 g/mol. The first-order chi connectivity index (χ1) is 14.4. The molecule has 3 aromatic carbocycles. The van der Waals surface area contributed by atoms with Crippen molar-refractivity contribution in [3.8, 4) is 34.5 Å². The summed E-state index contributed by atoms with van der Waals surface area (Å²) in [5.74, 6) is -1.43. The van der Waals surface area contributed by atoms with Gasteiger partial charge in [0.1, 0.15) is 0 Å². The number of methoxy groups -OCH3 is 2. The normalized spacial score (nSPS) is 10.2. The van der Waals surface area contributed by atoms with Crippen molar-refractivity contribution < 1.29 is 38.7 Å². The number of rotatable bonds is 6. The first-order valence-corrected chi connectivity index (χ1v) is 8.70. The molecule has 0 aliphatic carbocycles. The minimum atomic E-state index is -0.733. The van der Waals surface area contributed by atoms with Gasteiger partial charge in [-0.15, -0.1) is 0 Å². The Bertz CT molecular complexity index is 1000.